The fraction of sp³-hybridized carbons (Fsp3) is 0.125. The van der Waals surface area contributed by atoms with E-state index in [1.165, 1.54) is 0 Å². The van der Waals surface area contributed by atoms with E-state index in [0.717, 1.165) is 8.04 Å². The van der Waals surface area contributed by atoms with Crippen molar-refractivity contribution in [3.05, 3.63) is 25.7 Å². The van der Waals surface area contributed by atoms with E-state index in [4.69, 9.17) is 16.3 Å². The zero-order valence-corrected chi connectivity index (χ0v) is 11.1. The number of methoxy groups -OCH3 is 1. The second-order valence-electron chi connectivity index (χ2n) is 2.25. The highest BCUT2D eigenvalue weighted by atomic mass is 127. The molecule has 0 amide bonds. The molecule has 5 heteroatoms. The number of rotatable bonds is 2. The minimum atomic E-state index is -0.490. The summed E-state index contributed by atoms with van der Waals surface area (Å²) in [5.41, 5.74) is 0.422. The summed E-state index contributed by atoms with van der Waals surface area (Å²) in [6.07, 6.45) is 0. The molecule has 13 heavy (non-hydrogen) atoms. The summed E-state index contributed by atoms with van der Waals surface area (Å²) < 4.78 is 6.79. The molecule has 0 fully saturated rings. The molecule has 0 saturated heterocycles. The lowest BCUT2D eigenvalue weighted by Gasteiger charge is -2.06. The van der Waals surface area contributed by atoms with Crippen molar-refractivity contribution in [2.75, 3.05) is 7.11 Å². The minimum Gasteiger partial charge on any atom is -0.496 e. The van der Waals surface area contributed by atoms with Crippen LogP contribution >= 0.6 is 50.1 Å². The van der Waals surface area contributed by atoms with E-state index in [1.54, 1.807) is 19.2 Å². The third-order valence-electron chi connectivity index (χ3n) is 1.44. The Morgan fingerprint density at radius 2 is 2.23 bits per heavy atom. The van der Waals surface area contributed by atoms with E-state index >= 15 is 0 Å². The van der Waals surface area contributed by atoms with Crippen LogP contribution in [0.1, 0.15) is 10.4 Å². The van der Waals surface area contributed by atoms with E-state index in [9.17, 15) is 4.79 Å². The lowest BCUT2D eigenvalue weighted by Crippen LogP contribution is -1.94. The van der Waals surface area contributed by atoms with Crippen molar-refractivity contribution in [2.45, 2.75) is 0 Å². The maximum Gasteiger partial charge on any atom is 0.252 e. The summed E-state index contributed by atoms with van der Waals surface area (Å²) in [5, 5.41) is -0.490. The van der Waals surface area contributed by atoms with Gasteiger partial charge in [-0.3, -0.25) is 4.79 Å². The lowest BCUT2D eigenvalue weighted by atomic mass is 10.2. The van der Waals surface area contributed by atoms with Gasteiger partial charge in [0.1, 0.15) is 5.75 Å². The predicted octanol–water partition coefficient (Wildman–Crippen LogP) is 3.44. The molecule has 2 nitrogen and oxygen atoms in total. The molecule has 0 aliphatic rings. The second kappa shape index (κ2) is 4.61. The van der Waals surface area contributed by atoms with Crippen LogP contribution in [0.2, 0.25) is 0 Å². The number of hydrogen-bond acceptors (Lipinski definition) is 2. The number of carbonyl (C=O) groups is 1. The third kappa shape index (κ3) is 2.57. The van der Waals surface area contributed by atoms with Gasteiger partial charge in [0.05, 0.1) is 10.7 Å². The van der Waals surface area contributed by atoms with Crippen molar-refractivity contribution in [1.82, 2.24) is 0 Å². The van der Waals surface area contributed by atoms with Crippen molar-refractivity contribution in [2.24, 2.45) is 0 Å². The Kier molecular flexibility index (Phi) is 4.00. The van der Waals surface area contributed by atoms with Gasteiger partial charge in [0.25, 0.3) is 5.24 Å². The van der Waals surface area contributed by atoms with Crippen LogP contribution in [0.25, 0.3) is 0 Å². The Hall–Kier alpha value is 0.190. The average Bonchev–Trinajstić information content (AvgIpc) is 2.09. The average molecular weight is 375 g/mol. The van der Waals surface area contributed by atoms with Gasteiger partial charge in [-0.05, 0) is 62.3 Å². The molecule has 70 valence electrons. The first-order valence-electron chi connectivity index (χ1n) is 3.29. The van der Waals surface area contributed by atoms with Gasteiger partial charge >= 0.3 is 0 Å². The third-order valence-corrected chi connectivity index (χ3v) is 4.14. The maximum absolute atomic E-state index is 10.9. The van der Waals surface area contributed by atoms with Crippen molar-refractivity contribution in [3.8, 4) is 5.75 Å². The second-order valence-corrected chi connectivity index (χ2v) is 4.52. The van der Waals surface area contributed by atoms with Crippen molar-refractivity contribution in [3.63, 3.8) is 0 Å². The van der Waals surface area contributed by atoms with Gasteiger partial charge in [0.2, 0.25) is 0 Å². The molecule has 1 rings (SSSR count). The van der Waals surface area contributed by atoms with Gasteiger partial charge in [-0.1, -0.05) is 0 Å². The highest BCUT2D eigenvalue weighted by molar-refractivity contribution is 14.1. The zero-order valence-electron chi connectivity index (χ0n) is 6.61. The largest absolute Gasteiger partial charge is 0.496 e. The number of ether oxygens (including phenoxy) is 1. The van der Waals surface area contributed by atoms with Crippen LogP contribution in [0.15, 0.2) is 16.6 Å². The molecular formula is C8H5BrClIO2. The molecule has 0 aliphatic carbocycles. The first-order valence-corrected chi connectivity index (χ1v) is 5.54. The van der Waals surface area contributed by atoms with E-state index in [-0.39, 0.29) is 0 Å². The van der Waals surface area contributed by atoms with E-state index < -0.39 is 5.24 Å². The predicted molar refractivity (Wildman–Crippen MR) is 63.6 cm³/mol. The van der Waals surface area contributed by atoms with Crippen LogP contribution in [-0.2, 0) is 0 Å². The molecule has 0 N–H and O–H groups in total. The minimum absolute atomic E-state index is 0.422. The van der Waals surface area contributed by atoms with Crippen LogP contribution < -0.4 is 4.74 Å². The lowest BCUT2D eigenvalue weighted by molar-refractivity contribution is 0.108. The zero-order chi connectivity index (χ0) is 10.0. The molecule has 0 aromatic heterocycles. The van der Waals surface area contributed by atoms with Crippen molar-refractivity contribution >= 4 is 55.4 Å². The first kappa shape index (κ1) is 11.3. The molecule has 0 unspecified atom stereocenters. The van der Waals surface area contributed by atoms with Crippen molar-refractivity contribution < 1.29 is 9.53 Å². The molecule has 1 aromatic carbocycles. The highest BCUT2D eigenvalue weighted by Gasteiger charge is 2.10. The standard InChI is InChI=1S/C8H5BrClIO2/c1-13-6-3-4(8(10)12)2-5(9)7(6)11/h2-3H,1H3. The SMILES string of the molecule is COc1cc(C(=O)Cl)cc(Br)c1I. The molecule has 0 spiro atoms. The topological polar surface area (TPSA) is 26.3 Å². The van der Waals surface area contributed by atoms with Gasteiger partial charge in [-0.2, -0.15) is 0 Å². The molecule has 0 atom stereocenters. The van der Waals surface area contributed by atoms with Crippen LogP contribution in [0, 0.1) is 3.57 Å². The summed E-state index contributed by atoms with van der Waals surface area (Å²) >= 11 is 10.8. The van der Waals surface area contributed by atoms with E-state index in [1.807, 2.05) is 0 Å². The van der Waals surface area contributed by atoms with Crippen LogP contribution in [0.3, 0.4) is 0 Å². The number of benzene rings is 1. The van der Waals surface area contributed by atoms with Crippen LogP contribution in [-0.4, -0.2) is 12.4 Å². The Balaban J connectivity index is 3.30. The quantitative estimate of drug-likeness (QED) is 0.585. The smallest absolute Gasteiger partial charge is 0.252 e. The molecule has 0 aliphatic heterocycles. The molecular weight excluding hydrogens is 370 g/mol. The van der Waals surface area contributed by atoms with Crippen LogP contribution in [0.5, 0.6) is 5.75 Å². The highest BCUT2D eigenvalue weighted by Crippen LogP contribution is 2.30. The summed E-state index contributed by atoms with van der Waals surface area (Å²) in [5.74, 6) is 0.638. The molecule has 0 radical (unpaired) electrons. The number of halogens is 3. The fourth-order valence-electron chi connectivity index (χ4n) is 0.826. The molecule has 0 heterocycles. The number of hydrogen-bond donors (Lipinski definition) is 0. The van der Waals surface area contributed by atoms with Crippen LogP contribution in [0.4, 0.5) is 0 Å². The van der Waals surface area contributed by atoms with E-state index in [0.29, 0.717) is 11.3 Å². The van der Waals surface area contributed by atoms with Gasteiger partial charge in [-0.15, -0.1) is 0 Å². The summed E-state index contributed by atoms with van der Waals surface area (Å²) in [6, 6.07) is 3.28. The van der Waals surface area contributed by atoms with Gasteiger partial charge in [0, 0.05) is 10.0 Å². The summed E-state index contributed by atoms with van der Waals surface area (Å²) in [6.45, 7) is 0. The van der Waals surface area contributed by atoms with Gasteiger partial charge in [-0.25, -0.2) is 0 Å². The number of carbonyl (C=O) groups excluding carboxylic acids is 1. The van der Waals surface area contributed by atoms with E-state index in [2.05, 4.69) is 38.5 Å². The van der Waals surface area contributed by atoms with Gasteiger partial charge < -0.3 is 4.74 Å². The molecule has 0 bridgehead atoms. The maximum atomic E-state index is 10.9. The fourth-order valence-corrected chi connectivity index (χ4v) is 1.91. The summed E-state index contributed by atoms with van der Waals surface area (Å²) in [7, 11) is 1.55. The molecule has 0 saturated carbocycles. The molecule has 1 aromatic rings. The van der Waals surface area contributed by atoms with Crippen molar-refractivity contribution in [1.29, 1.82) is 0 Å². The Morgan fingerprint density at radius 1 is 1.62 bits per heavy atom. The Morgan fingerprint density at radius 3 is 2.69 bits per heavy atom. The van der Waals surface area contributed by atoms with Gasteiger partial charge in [0.15, 0.2) is 0 Å². The Bertz CT molecular complexity index is 354. The first-order chi connectivity index (χ1) is 6.06. The Labute approximate surface area is 103 Å². The summed E-state index contributed by atoms with van der Waals surface area (Å²) in [4.78, 5) is 10.9. The normalized spacial score (nSPS) is 9.85. The monoisotopic (exact) mass is 374 g/mol.